The average Bonchev–Trinajstić information content (AvgIpc) is 2.98. The lowest BCUT2D eigenvalue weighted by molar-refractivity contribution is -0.128. The maximum atomic E-state index is 11.9. The molecule has 8 heteroatoms. The van der Waals surface area contributed by atoms with Gasteiger partial charge in [-0.2, -0.15) is 15.0 Å². The molecule has 0 saturated carbocycles. The molecule has 2 heterocycles. The fourth-order valence-electron chi connectivity index (χ4n) is 1.87. The monoisotopic (exact) mass is 266 g/mol. The number of nitrogens with zero attached hydrogens (tertiary/aromatic N) is 4. The van der Waals surface area contributed by atoms with Crippen molar-refractivity contribution in [1.82, 2.24) is 19.9 Å². The number of hydrogen-bond donors (Lipinski definition) is 2. The molecular weight excluding hydrogens is 248 g/mol. The Labute approximate surface area is 111 Å². The Morgan fingerprint density at radius 3 is 2.58 bits per heavy atom. The third-order valence-electron chi connectivity index (χ3n) is 2.88. The molecular formula is C11H18N6O2. The minimum Gasteiger partial charge on any atom is -0.467 e. The first-order valence-electron chi connectivity index (χ1n) is 6.22. The first-order chi connectivity index (χ1) is 9.22. The highest BCUT2D eigenvalue weighted by molar-refractivity contribution is 5.80. The third-order valence-corrected chi connectivity index (χ3v) is 2.88. The molecule has 1 aromatic rings. The number of likely N-dealkylation sites (tertiary alicyclic amines) is 1. The van der Waals surface area contributed by atoms with Crippen LogP contribution in [0.25, 0.3) is 0 Å². The van der Waals surface area contributed by atoms with E-state index in [1.807, 2.05) is 4.90 Å². The molecule has 1 amide bonds. The Balaban J connectivity index is 1.96. The molecule has 1 aliphatic rings. The summed E-state index contributed by atoms with van der Waals surface area (Å²) in [5, 5.41) is 5.70. The van der Waals surface area contributed by atoms with Crippen LogP contribution in [0.3, 0.4) is 0 Å². The van der Waals surface area contributed by atoms with Crippen LogP contribution in [-0.2, 0) is 4.79 Å². The first-order valence-corrected chi connectivity index (χ1v) is 6.22. The summed E-state index contributed by atoms with van der Waals surface area (Å²) >= 11 is 0. The van der Waals surface area contributed by atoms with Crippen LogP contribution < -0.4 is 15.4 Å². The molecule has 19 heavy (non-hydrogen) atoms. The van der Waals surface area contributed by atoms with E-state index in [9.17, 15) is 4.79 Å². The summed E-state index contributed by atoms with van der Waals surface area (Å²) < 4.78 is 4.97. The van der Waals surface area contributed by atoms with Crippen LogP contribution in [0.5, 0.6) is 6.01 Å². The summed E-state index contributed by atoms with van der Waals surface area (Å²) in [7, 11) is 3.18. The maximum Gasteiger partial charge on any atom is 0.322 e. The molecule has 104 valence electrons. The number of carbonyl (C=O) groups is 1. The van der Waals surface area contributed by atoms with Crippen LogP contribution in [0.4, 0.5) is 11.9 Å². The van der Waals surface area contributed by atoms with Crippen LogP contribution in [-0.4, -0.2) is 59.6 Å². The molecule has 0 bridgehead atoms. The quantitative estimate of drug-likeness (QED) is 0.772. The molecule has 0 aromatic carbocycles. The molecule has 0 atom stereocenters. The molecule has 2 N–H and O–H groups in total. The van der Waals surface area contributed by atoms with Gasteiger partial charge in [0, 0.05) is 20.1 Å². The first kappa shape index (κ1) is 13.3. The van der Waals surface area contributed by atoms with E-state index in [-0.39, 0.29) is 18.5 Å². The van der Waals surface area contributed by atoms with Crippen molar-refractivity contribution in [2.75, 3.05) is 44.4 Å². The van der Waals surface area contributed by atoms with Gasteiger partial charge in [0.2, 0.25) is 17.8 Å². The van der Waals surface area contributed by atoms with E-state index in [1.165, 1.54) is 7.11 Å². The van der Waals surface area contributed by atoms with Crippen molar-refractivity contribution in [2.45, 2.75) is 12.8 Å². The zero-order chi connectivity index (χ0) is 13.7. The Morgan fingerprint density at radius 1 is 1.26 bits per heavy atom. The number of rotatable bonds is 5. The van der Waals surface area contributed by atoms with Crippen LogP contribution in [0.2, 0.25) is 0 Å². The molecule has 1 fully saturated rings. The smallest absolute Gasteiger partial charge is 0.322 e. The highest BCUT2D eigenvalue weighted by Gasteiger charge is 2.17. The van der Waals surface area contributed by atoms with E-state index in [0.29, 0.717) is 11.9 Å². The van der Waals surface area contributed by atoms with Crippen LogP contribution >= 0.6 is 0 Å². The number of ether oxygens (including phenoxy) is 1. The zero-order valence-corrected chi connectivity index (χ0v) is 11.1. The Bertz CT molecular complexity index is 425. The Kier molecular flexibility index (Phi) is 4.32. The van der Waals surface area contributed by atoms with Gasteiger partial charge in [-0.15, -0.1) is 0 Å². The van der Waals surface area contributed by atoms with Gasteiger partial charge in [-0.3, -0.25) is 4.79 Å². The molecule has 0 radical (unpaired) electrons. The number of methoxy groups -OCH3 is 1. The van der Waals surface area contributed by atoms with E-state index >= 15 is 0 Å². The van der Waals surface area contributed by atoms with Gasteiger partial charge in [0.15, 0.2) is 0 Å². The summed E-state index contributed by atoms with van der Waals surface area (Å²) in [5.41, 5.74) is 0. The van der Waals surface area contributed by atoms with Gasteiger partial charge in [-0.05, 0) is 12.8 Å². The molecule has 0 unspecified atom stereocenters. The fraction of sp³-hybridized carbons (Fsp3) is 0.636. The molecule has 1 aliphatic heterocycles. The van der Waals surface area contributed by atoms with Gasteiger partial charge in [0.25, 0.3) is 0 Å². The van der Waals surface area contributed by atoms with E-state index < -0.39 is 0 Å². The van der Waals surface area contributed by atoms with Crippen molar-refractivity contribution in [3.05, 3.63) is 0 Å². The number of anilines is 2. The van der Waals surface area contributed by atoms with Crippen molar-refractivity contribution in [3.63, 3.8) is 0 Å². The van der Waals surface area contributed by atoms with Crippen LogP contribution in [0, 0.1) is 0 Å². The van der Waals surface area contributed by atoms with Crippen molar-refractivity contribution in [3.8, 4) is 6.01 Å². The van der Waals surface area contributed by atoms with Crippen molar-refractivity contribution in [2.24, 2.45) is 0 Å². The normalized spacial score (nSPS) is 14.3. The molecule has 8 nitrogen and oxygen atoms in total. The van der Waals surface area contributed by atoms with E-state index in [2.05, 4.69) is 25.6 Å². The maximum absolute atomic E-state index is 11.9. The Hall–Kier alpha value is -2.12. The highest BCUT2D eigenvalue weighted by Crippen LogP contribution is 2.11. The third kappa shape index (κ3) is 3.43. The molecule has 0 spiro atoms. The van der Waals surface area contributed by atoms with Gasteiger partial charge in [-0.25, -0.2) is 0 Å². The lowest BCUT2D eigenvalue weighted by Crippen LogP contribution is -2.33. The minimum atomic E-state index is 0.0582. The van der Waals surface area contributed by atoms with E-state index in [4.69, 9.17) is 4.74 Å². The summed E-state index contributed by atoms with van der Waals surface area (Å²) in [6.45, 7) is 1.85. The lowest BCUT2D eigenvalue weighted by atomic mass is 10.4. The fourth-order valence-corrected chi connectivity index (χ4v) is 1.87. The largest absolute Gasteiger partial charge is 0.467 e. The average molecular weight is 266 g/mol. The summed E-state index contributed by atoms with van der Waals surface area (Å²) in [5.74, 6) is 0.773. The number of carbonyl (C=O) groups excluding carboxylic acids is 1. The summed E-state index contributed by atoms with van der Waals surface area (Å²) in [6, 6.07) is 0.204. The van der Waals surface area contributed by atoms with Crippen LogP contribution in [0.1, 0.15) is 12.8 Å². The molecule has 1 saturated heterocycles. The van der Waals surface area contributed by atoms with Gasteiger partial charge < -0.3 is 20.3 Å². The predicted molar refractivity (Wildman–Crippen MR) is 70.2 cm³/mol. The number of amides is 1. The summed E-state index contributed by atoms with van der Waals surface area (Å²) in [6.07, 6.45) is 2.16. The Morgan fingerprint density at radius 2 is 1.95 bits per heavy atom. The number of hydrogen-bond acceptors (Lipinski definition) is 7. The highest BCUT2D eigenvalue weighted by atomic mass is 16.5. The zero-order valence-electron chi connectivity index (χ0n) is 11.1. The van der Waals surface area contributed by atoms with E-state index in [1.54, 1.807) is 7.05 Å². The van der Waals surface area contributed by atoms with E-state index in [0.717, 1.165) is 25.9 Å². The SMILES string of the molecule is CNc1nc(NCC(=O)N2CCCC2)nc(OC)n1. The topological polar surface area (TPSA) is 92.3 Å². The standard InChI is InChI=1S/C11H18N6O2/c1-12-9-14-10(16-11(15-9)19-2)13-7-8(18)17-5-3-4-6-17/h3-7H2,1-2H3,(H2,12,13,14,15,16). The van der Waals surface area contributed by atoms with Crippen molar-refractivity contribution >= 4 is 17.8 Å². The lowest BCUT2D eigenvalue weighted by Gasteiger charge is -2.15. The molecule has 2 rings (SSSR count). The van der Waals surface area contributed by atoms with Gasteiger partial charge in [-0.1, -0.05) is 0 Å². The minimum absolute atomic E-state index is 0.0582. The summed E-state index contributed by atoms with van der Waals surface area (Å²) in [4.78, 5) is 25.8. The van der Waals surface area contributed by atoms with Gasteiger partial charge >= 0.3 is 6.01 Å². The number of aromatic nitrogens is 3. The van der Waals surface area contributed by atoms with Gasteiger partial charge in [0.05, 0.1) is 13.7 Å². The molecule has 0 aliphatic carbocycles. The predicted octanol–water partition coefficient (Wildman–Crippen LogP) is -0.0438. The second kappa shape index (κ2) is 6.17. The second-order valence-corrected chi connectivity index (χ2v) is 4.16. The molecule has 1 aromatic heterocycles. The van der Waals surface area contributed by atoms with Crippen molar-refractivity contribution < 1.29 is 9.53 Å². The second-order valence-electron chi connectivity index (χ2n) is 4.16. The van der Waals surface area contributed by atoms with Crippen molar-refractivity contribution in [1.29, 1.82) is 0 Å². The number of nitrogens with one attached hydrogen (secondary N) is 2. The van der Waals surface area contributed by atoms with Crippen LogP contribution in [0.15, 0.2) is 0 Å². The van der Waals surface area contributed by atoms with Gasteiger partial charge in [0.1, 0.15) is 0 Å².